The Kier molecular flexibility index (Phi) is 5.52. The van der Waals surface area contributed by atoms with Gasteiger partial charge in [0, 0.05) is 12.1 Å². The number of aliphatic hydroxyl groups excluding tert-OH is 3. The number of fused-ring (bicyclic) bond motifs is 2. The normalized spacial score (nSPS) is 36.7. The fourth-order valence-corrected chi connectivity index (χ4v) is 2.77. The lowest BCUT2D eigenvalue weighted by molar-refractivity contribution is -0.151. The Morgan fingerprint density at radius 2 is 2.00 bits per heavy atom. The Hall–Kier alpha value is -0.690. The van der Waals surface area contributed by atoms with Gasteiger partial charge in [0.15, 0.2) is 0 Å². The molecule has 0 aliphatic carbocycles. The first kappa shape index (κ1) is 15.4. The predicted octanol–water partition coefficient (Wildman–Crippen LogP) is -0.726. The van der Waals surface area contributed by atoms with Gasteiger partial charge in [0.1, 0.15) is 0 Å². The van der Waals surface area contributed by atoms with Crippen LogP contribution in [0.1, 0.15) is 26.2 Å². The van der Waals surface area contributed by atoms with Crippen molar-refractivity contribution in [1.29, 1.82) is 0 Å². The van der Waals surface area contributed by atoms with Gasteiger partial charge in [-0.25, -0.2) is 0 Å². The molecule has 2 heterocycles. The highest BCUT2D eigenvalue weighted by Crippen LogP contribution is 2.38. The number of aliphatic hydroxyl groups is 3. The SMILES string of the molecule is CC(O)CO.CN1C2CCC1C(C(=O)O)C(O)C2. The second-order valence-electron chi connectivity index (χ2n) is 5.16. The molecule has 2 aliphatic rings. The highest BCUT2D eigenvalue weighted by atomic mass is 16.4. The van der Waals surface area contributed by atoms with Crippen LogP contribution in [0.5, 0.6) is 0 Å². The fraction of sp³-hybridized carbons (Fsp3) is 0.917. The average molecular weight is 261 g/mol. The molecule has 0 aromatic heterocycles. The van der Waals surface area contributed by atoms with Gasteiger partial charge in [-0.1, -0.05) is 0 Å². The summed E-state index contributed by atoms with van der Waals surface area (Å²) in [5.41, 5.74) is 0. The molecule has 5 unspecified atom stereocenters. The van der Waals surface area contributed by atoms with Crippen molar-refractivity contribution in [1.82, 2.24) is 4.90 Å². The summed E-state index contributed by atoms with van der Waals surface area (Å²) in [6.07, 6.45) is 1.35. The summed E-state index contributed by atoms with van der Waals surface area (Å²) in [6.45, 7) is 1.39. The van der Waals surface area contributed by atoms with Crippen molar-refractivity contribution in [3.63, 3.8) is 0 Å². The van der Waals surface area contributed by atoms with Gasteiger partial charge >= 0.3 is 5.97 Å². The van der Waals surface area contributed by atoms with Crippen LogP contribution in [0.25, 0.3) is 0 Å². The van der Waals surface area contributed by atoms with Crippen LogP contribution in [0.15, 0.2) is 0 Å². The van der Waals surface area contributed by atoms with E-state index in [1.807, 2.05) is 7.05 Å². The molecule has 0 aromatic rings. The summed E-state index contributed by atoms with van der Waals surface area (Å²) < 4.78 is 0. The van der Waals surface area contributed by atoms with E-state index in [9.17, 15) is 9.90 Å². The predicted molar refractivity (Wildman–Crippen MR) is 65.1 cm³/mol. The highest BCUT2D eigenvalue weighted by molar-refractivity contribution is 5.72. The van der Waals surface area contributed by atoms with Gasteiger partial charge < -0.3 is 20.4 Å². The van der Waals surface area contributed by atoms with Gasteiger partial charge in [0.05, 0.1) is 24.7 Å². The molecule has 2 saturated heterocycles. The molecule has 2 fully saturated rings. The molecule has 2 bridgehead atoms. The summed E-state index contributed by atoms with van der Waals surface area (Å²) >= 11 is 0. The van der Waals surface area contributed by atoms with Gasteiger partial charge in [0.25, 0.3) is 0 Å². The number of nitrogens with zero attached hydrogens (tertiary/aromatic N) is 1. The molecule has 106 valence electrons. The minimum Gasteiger partial charge on any atom is -0.481 e. The summed E-state index contributed by atoms with van der Waals surface area (Å²) in [5, 5.41) is 34.6. The molecule has 5 atom stereocenters. The second kappa shape index (κ2) is 6.47. The quantitative estimate of drug-likeness (QED) is 0.523. The van der Waals surface area contributed by atoms with E-state index in [-0.39, 0.29) is 12.6 Å². The molecule has 6 nitrogen and oxygen atoms in total. The Morgan fingerprint density at radius 3 is 2.44 bits per heavy atom. The van der Waals surface area contributed by atoms with E-state index >= 15 is 0 Å². The van der Waals surface area contributed by atoms with E-state index in [4.69, 9.17) is 15.3 Å². The lowest BCUT2D eigenvalue weighted by atomic mass is 9.88. The number of aliphatic carboxylic acids is 1. The maximum atomic E-state index is 10.9. The van der Waals surface area contributed by atoms with Crippen LogP contribution >= 0.6 is 0 Å². The van der Waals surface area contributed by atoms with E-state index in [2.05, 4.69) is 4.90 Å². The summed E-state index contributed by atoms with van der Waals surface area (Å²) in [7, 11) is 1.96. The first-order valence-electron chi connectivity index (χ1n) is 6.30. The van der Waals surface area contributed by atoms with Crippen LogP contribution in [0.3, 0.4) is 0 Å². The van der Waals surface area contributed by atoms with E-state index in [0.29, 0.717) is 12.5 Å². The van der Waals surface area contributed by atoms with Crippen LogP contribution in [0.4, 0.5) is 0 Å². The number of hydrogen-bond donors (Lipinski definition) is 4. The molecule has 0 radical (unpaired) electrons. The van der Waals surface area contributed by atoms with Crippen molar-refractivity contribution in [2.45, 2.75) is 50.5 Å². The topological polar surface area (TPSA) is 101 Å². The molecule has 4 N–H and O–H groups in total. The van der Waals surface area contributed by atoms with E-state index in [0.717, 1.165) is 12.8 Å². The Balaban J connectivity index is 0.000000280. The number of piperidine rings is 1. The fourth-order valence-electron chi connectivity index (χ4n) is 2.77. The van der Waals surface area contributed by atoms with Crippen LogP contribution < -0.4 is 0 Å². The summed E-state index contributed by atoms with van der Waals surface area (Å²) in [6, 6.07) is 0.446. The minimum atomic E-state index is -0.857. The van der Waals surface area contributed by atoms with Crippen LogP contribution in [-0.4, -0.2) is 69.2 Å². The summed E-state index contributed by atoms with van der Waals surface area (Å²) in [5.74, 6) is -1.44. The Bertz CT molecular complexity index is 284. The smallest absolute Gasteiger partial charge is 0.310 e. The third-order valence-electron chi connectivity index (χ3n) is 3.79. The first-order valence-corrected chi connectivity index (χ1v) is 6.30. The van der Waals surface area contributed by atoms with Crippen molar-refractivity contribution in [2.24, 2.45) is 5.92 Å². The molecule has 0 aromatic carbocycles. The lowest BCUT2D eigenvalue weighted by Crippen LogP contribution is -2.51. The maximum Gasteiger partial charge on any atom is 0.310 e. The van der Waals surface area contributed by atoms with E-state index < -0.39 is 24.1 Å². The third kappa shape index (κ3) is 3.41. The molecule has 0 saturated carbocycles. The first-order chi connectivity index (χ1) is 8.38. The Morgan fingerprint density at radius 1 is 1.44 bits per heavy atom. The largest absolute Gasteiger partial charge is 0.481 e. The molecule has 6 heteroatoms. The lowest BCUT2D eigenvalue weighted by Gasteiger charge is -2.38. The maximum absolute atomic E-state index is 10.9. The van der Waals surface area contributed by atoms with Crippen LogP contribution in [0, 0.1) is 5.92 Å². The zero-order valence-corrected chi connectivity index (χ0v) is 10.9. The number of carbonyl (C=O) groups is 1. The van der Waals surface area contributed by atoms with Gasteiger partial charge in [-0.3, -0.25) is 9.69 Å². The van der Waals surface area contributed by atoms with Gasteiger partial charge in [-0.05, 0) is 33.2 Å². The average Bonchev–Trinajstić information content (AvgIpc) is 2.54. The molecule has 2 aliphatic heterocycles. The van der Waals surface area contributed by atoms with Gasteiger partial charge in [-0.15, -0.1) is 0 Å². The number of carboxylic acids is 1. The van der Waals surface area contributed by atoms with Crippen LogP contribution in [0.2, 0.25) is 0 Å². The monoisotopic (exact) mass is 261 g/mol. The third-order valence-corrected chi connectivity index (χ3v) is 3.79. The molecular weight excluding hydrogens is 238 g/mol. The number of hydrogen-bond acceptors (Lipinski definition) is 5. The second-order valence-corrected chi connectivity index (χ2v) is 5.16. The highest BCUT2D eigenvalue weighted by Gasteiger charge is 2.48. The molecule has 0 amide bonds. The van der Waals surface area contributed by atoms with Gasteiger partial charge in [0.2, 0.25) is 0 Å². The zero-order chi connectivity index (χ0) is 13.9. The molecular formula is C12H23NO5. The molecule has 18 heavy (non-hydrogen) atoms. The standard InChI is InChI=1S/C9H15NO3.C3H8O2/c1-10-5-2-3-6(10)8(9(12)13)7(11)4-5;1-3(5)2-4/h5-8,11H,2-4H2,1H3,(H,12,13);3-5H,2H2,1H3. The van der Waals surface area contributed by atoms with E-state index in [1.54, 1.807) is 0 Å². The van der Waals surface area contributed by atoms with Crippen molar-refractivity contribution in [2.75, 3.05) is 13.7 Å². The van der Waals surface area contributed by atoms with Gasteiger partial charge in [-0.2, -0.15) is 0 Å². The summed E-state index contributed by atoms with van der Waals surface area (Å²) in [4.78, 5) is 13.0. The molecule has 2 rings (SSSR count). The Labute approximate surface area is 107 Å². The van der Waals surface area contributed by atoms with Crippen LogP contribution in [-0.2, 0) is 4.79 Å². The van der Waals surface area contributed by atoms with Crippen molar-refractivity contribution < 1.29 is 25.2 Å². The minimum absolute atomic E-state index is 0.0475. The molecule has 0 spiro atoms. The van der Waals surface area contributed by atoms with E-state index in [1.165, 1.54) is 6.92 Å². The van der Waals surface area contributed by atoms with Crippen molar-refractivity contribution in [3.05, 3.63) is 0 Å². The number of rotatable bonds is 2. The van der Waals surface area contributed by atoms with Crippen molar-refractivity contribution in [3.8, 4) is 0 Å². The number of carboxylic acid groups (broad SMARTS) is 1. The van der Waals surface area contributed by atoms with Crippen molar-refractivity contribution >= 4 is 5.97 Å². The zero-order valence-electron chi connectivity index (χ0n) is 10.9.